The number of nitrogens with zero attached hydrogens (tertiary/aromatic N) is 1. The zero-order valence-corrected chi connectivity index (χ0v) is 13.7. The van der Waals surface area contributed by atoms with E-state index in [-0.39, 0.29) is 11.9 Å². The van der Waals surface area contributed by atoms with Crippen LogP contribution in [0.2, 0.25) is 0 Å². The molecule has 24 heavy (non-hydrogen) atoms. The van der Waals surface area contributed by atoms with Crippen LogP contribution in [0.25, 0.3) is 0 Å². The highest BCUT2D eigenvalue weighted by molar-refractivity contribution is 5.76. The van der Waals surface area contributed by atoms with Crippen LogP contribution in [0.5, 0.6) is 0 Å². The molecule has 1 aliphatic heterocycles. The fraction of sp³-hybridized carbons (Fsp3) is 0.588. The Morgan fingerprint density at radius 2 is 2.04 bits per heavy atom. The van der Waals surface area contributed by atoms with Crippen LogP contribution in [-0.4, -0.2) is 43.2 Å². The van der Waals surface area contributed by atoms with Crippen LogP contribution in [0.15, 0.2) is 24.3 Å². The highest BCUT2D eigenvalue weighted by Crippen LogP contribution is 2.29. The molecule has 1 aromatic rings. The van der Waals surface area contributed by atoms with Gasteiger partial charge in [-0.1, -0.05) is 12.1 Å². The molecule has 0 unspecified atom stereocenters. The molecule has 7 heteroatoms. The van der Waals surface area contributed by atoms with Crippen LogP contribution < -0.4 is 5.32 Å². The lowest BCUT2D eigenvalue weighted by molar-refractivity contribution is -0.137. The molecule has 0 saturated carbocycles. The van der Waals surface area contributed by atoms with Gasteiger partial charge in [-0.2, -0.15) is 13.2 Å². The molecule has 1 heterocycles. The van der Waals surface area contributed by atoms with Crippen LogP contribution in [0.3, 0.4) is 0 Å². The van der Waals surface area contributed by atoms with Crippen LogP contribution in [0, 0.1) is 0 Å². The molecule has 0 spiro atoms. The number of hydrogen-bond acceptors (Lipinski definition) is 3. The van der Waals surface area contributed by atoms with Crippen LogP contribution in [0.1, 0.15) is 30.9 Å². The molecule has 1 aliphatic rings. The number of amides is 1. The summed E-state index contributed by atoms with van der Waals surface area (Å²) in [5.74, 6) is -0.0233. The third-order valence-electron chi connectivity index (χ3n) is 4.00. The van der Waals surface area contributed by atoms with Crippen molar-refractivity contribution in [2.24, 2.45) is 0 Å². The van der Waals surface area contributed by atoms with Crippen molar-refractivity contribution in [3.63, 3.8) is 0 Å². The Balaban J connectivity index is 1.76. The first-order valence-electron chi connectivity index (χ1n) is 8.14. The van der Waals surface area contributed by atoms with Crippen molar-refractivity contribution < 1.29 is 22.7 Å². The third-order valence-corrected chi connectivity index (χ3v) is 4.00. The van der Waals surface area contributed by atoms with Crippen molar-refractivity contribution in [3.8, 4) is 0 Å². The van der Waals surface area contributed by atoms with Crippen molar-refractivity contribution in [2.45, 2.75) is 38.5 Å². The second kappa shape index (κ2) is 8.48. The molecule has 0 aliphatic carbocycles. The topological polar surface area (TPSA) is 41.6 Å². The summed E-state index contributed by atoms with van der Waals surface area (Å²) in [6.45, 7) is 5.01. The van der Waals surface area contributed by atoms with E-state index in [4.69, 9.17) is 4.74 Å². The molecule has 2 rings (SSSR count). The SMILES string of the molecule is CCOCCC(=O)N[C@H]1CCN(Cc2ccc(C(F)(F)F)cc2)C1. The van der Waals surface area contributed by atoms with E-state index >= 15 is 0 Å². The molecule has 1 amide bonds. The van der Waals surface area contributed by atoms with Gasteiger partial charge in [0.1, 0.15) is 0 Å². The number of carbonyl (C=O) groups excluding carboxylic acids is 1. The summed E-state index contributed by atoms with van der Waals surface area (Å²) in [4.78, 5) is 13.9. The van der Waals surface area contributed by atoms with E-state index in [0.717, 1.165) is 30.7 Å². The quantitative estimate of drug-likeness (QED) is 0.774. The molecule has 1 fully saturated rings. The lowest BCUT2D eigenvalue weighted by Crippen LogP contribution is -2.37. The summed E-state index contributed by atoms with van der Waals surface area (Å²) in [6.07, 6.45) is -3.10. The predicted octanol–water partition coefficient (Wildman–Crippen LogP) is 2.82. The summed E-state index contributed by atoms with van der Waals surface area (Å²) in [5, 5.41) is 2.97. The number of benzene rings is 1. The summed E-state index contributed by atoms with van der Waals surface area (Å²) in [6, 6.07) is 5.33. The average Bonchev–Trinajstić information content (AvgIpc) is 2.94. The molecule has 1 aromatic carbocycles. The molecule has 4 nitrogen and oxygen atoms in total. The lowest BCUT2D eigenvalue weighted by Gasteiger charge is -2.17. The van der Waals surface area contributed by atoms with Crippen LogP contribution >= 0.6 is 0 Å². The Morgan fingerprint density at radius 3 is 2.67 bits per heavy atom. The van der Waals surface area contributed by atoms with E-state index in [1.54, 1.807) is 0 Å². The second-order valence-electron chi connectivity index (χ2n) is 5.93. The van der Waals surface area contributed by atoms with E-state index in [9.17, 15) is 18.0 Å². The van der Waals surface area contributed by atoms with Gasteiger partial charge in [-0.05, 0) is 31.0 Å². The number of nitrogens with one attached hydrogen (secondary N) is 1. The number of carbonyl (C=O) groups is 1. The van der Waals surface area contributed by atoms with Gasteiger partial charge in [0.2, 0.25) is 5.91 Å². The largest absolute Gasteiger partial charge is 0.416 e. The highest BCUT2D eigenvalue weighted by Gasteiger charge is 2.30. The van der Waals surface area contributed by atoms with Crippen molar-refractivity contribution in [2.75, 3.05) is 26.3 Å². The predicted molar refractivity (Wildman–Crippen MR) is 84.4 cm³/mol. The number of likely N-dealkylation sites (tertiary alicyclic amines) is 1. The first kappa shape index (κ1) is 18.7. The zero-order chi connectivity index (χ0) is 17.6. The number of rotatable bonds is 7. The Hall–Kier alpha value is -1.60. The van der Waals surface area contributed by atoms with Crippen molar-refractivity contribution >= 4 is 5.91 Å². The number of ether oxygens (including phenoxy) is 1. The fourth-order valence-corrected chi connectivity index (χ4v) is 2.76. The maximum atomic E-state index is 12.5. The van der Waals surface area contributed by atoms with E-state index in [0.29, 0.717) is 32.7 Å². The molecule has 1 atom stereocenters. The number of hydrogen-bond donors (Lipinski definition) is 1. The number of alkyl halides is 3. The first-order valence-corrected chi connectivity index (χ1v) is 8.14. The maximum Gasteiger partial charge on any atom is 0.416 e. The molecule has 134 valence electrons. The summed E-state index contributed by atoms with van der Waals surface area (Å²) < 4.78 is 42.8. The Bertz CT molecular complexity index is 532. The first-order chi connectivity index (χ1) is 11.4. The second-order valence-corrected chi connectivity index (χ2v) is 5.93. The Kier molecular flexibility index (Phi) is 6.62. The van der Waals surface area contributed by atoms with Gasteiger partial charge >= 0.3 is 6.18 Å². The fourth-order valence-electron chi connectivity index (χ4n) is 2.76. The van der Waals surface area contributed by atoms with Crippen molar-refractivity contribution in [3.05, 3.63) is 35.4 Å². The molecular weight excluding hydrogens is 321 g/mol. The molecule has 0 radical (unpaired) electrons. The molecular formula is C17H23F3N2O2. The monoisotopic (exact) mass is 344 g/mol. The average molecular weight is 344 g/mol. The minimum atomic E-state index is -4.30. The maximum absolute atomic E-state index is 12.5. The summed E-state index contributed by atoms with van der Waals surface area (Å²) in [7, 11) is 0. The van der Waals surface area contributed by atoms with Gasteiger partial charge in [0, 0.05) is 38.7 Å². The van der Waals surface area contributed by atoms with E-state index in [1.165, 1.54) is 12.1 Å². The smallest absolute Gasteiger partial charge is 0.381 e. The van der Waals surface area contributed by atoms with E-state index in [1.807, 2.05) is 6.92 Å². The van der Waals surface area contributed by atoms with E-state index in [2.05, 4.69) is 10.2 Å². The van der Waals surface area contributed by atoms with Crippen LogP contribution in [-0.2, 0) is 22.3 Å². The van der Waals surface area contributed by atoms with Gasteiger partial charge in [0.05, 0.1) is 12.2 Å². The lowest BCUT2D eigenvalue weighted by atomic mass is 10.1. The van der Waals surface area contributed by atoms with Gasteiger partial charge in [0.25, 0.3) is 0 Å². The summed E-state index contributed by atoms with van der Waals surface area (Å²) in [5.41, 5.74) is 0.207. The van der Waals surface area contributed by atoms with Gasteiger partial charge in [-0.25, -0.2) is 0 Å². The Morgan fingerprint density at radius 1 is 1.33 bits per heavy atom. The van der Waals surface area contributed by atoms with Crippen LogP contribution in [0.4, 0.5) is 13.2 Å². The highest BCUT2D eigenvalue weighted by atomic mass is 19.4. The van der Waals surface area contributed by atoms with Gasteiger partial charge in [-0.3, -0.25) is 9.69 Å². The normalized spacial score (nSPS) is 18.8. The minimum absolute atomic E-state index is 0.0233. The number of halogens is 3. The molecule has 1 N–H and O–H groups in total. The molecule has 0 aromatic heterocycles. The van der Waals surface area contributed by atoms with E-state index < -0.39 is 11.7 Å². The Labute approximate surface area is 140 Å². The van der Waals surface area contributed by atoms with Gasteiger partial charge in [-0.15, -0.1) is 0 Å². The molecule has 0 bridgehead atoms. The van der Waals surface area contributed by atoms with Gasteiger partial charge in [0.15, 0.2) is 0 Å². The summed E-state index contributed by atoms with van der Waals surface area (Å²) >= 11 is 0. The minimum Gasteiger partial charge on any atom is -0.381 e. The van der Waals surface area contributed by atoms with Crippen molar-refractivity contribution in [1.82, 2.24) is 10.2 Å². The zero-order valence-electron chi connectivity index (χ0n) is 13.7. The standard InChI is InChI=1S/C17H23F3N2O2/c1-2-24-10-8-16(23)21-15-7-9-22(12-15)11-13-3-5-14(6-4-13)17(18,19)20/h3-6,15H,2,7-12H2,1H3,(H,21,23)/t15-/m0/s1. The van der Waals surface area contributed by atoms with Gasteiger partial charge < -0.3 is 10.1 Å². The third kappa shape index (κ3) is 5.79. The van der Waals surface area contributed by atoms with Crippen molar-refractivity contribution in [1.29, 1.82) is 0 Å². The molecule has 1 saturated heterocycles.